The van der Waals surface area contributed by atoms with Crippen molar-refractivity contribution < 1.29 is 4.42 Å². The molecule has 1 aromatic heterocycles. The van der Waals surface area contributed by atoms with Crippen LogP contribution in [0.4, 0.5) is 0 Å². The van der Waals surface area contributed by atoms with Crippen LogP contribution in [-0.2, 0) is 0 Å². The predicted octanol–water partition coefficient (Wildman–Crippen LogP) is 6.45. The quantitative estimate of drug-likeness (QED) is 0.525. The van der Waals surface area contributed by atoms with Gasteiger partial charge in [-0.2, -0.15) is 0 Å². The van der Waals surface area contributed by atoms with Crippen LogP contribution in [0.5, 0.6) is 0 Å². The van der Waals surface area contributed by atoms with Crippen molar-refractivity contribution in [2.45, 2.75) is 53.4 Å². The highest BCUT2D eigenvalue weighted by Crippen LogP contribution is 2.39. The lowest BCUT2D eigenvalue weighted by molar-refractivity contribution is 0.654. The van der Waals surface area contributed by atoms with Gasteiger partial charge in [0.1, 0.15) is 11.2 Å². The van der Waals surface area contributed by atoms with Crippen LogP contribution in [0.2, 0.25) is 0 Å². The summed E-state index contributed by atoms with van der Waals surface area (Å²) in [5, 5.41) is 2.51. The van der Waals surface area contributed by atoms with Gasteiger partial charge in [0.25, 0.3) is 0 Å². The van der Waals surface area contributed by atoms with Gasteiger partial charge in [0, 0.05) is 16.3 Å². The first-order valence-corrected chi connectivity index (χ1v) is 7.86. The smallest absolute Gasteiger partial charge is 0.139 e. The molecule has 0 bridgehead atoms. The van der Waals surface area contributed by atoms with Crippen LogP contribution < -0.4 is 0 Å². The molecule has 0 spiro atoms. The molecule has 0 unspecified atom stereocenters. The molecule has 0 aliphatic carbocycles. The van der Waals surface area contributed by atoms with Crippen molar-refractivity contribution in [2.24, 2.45) is 0 Å². The van der Waals surface area contributed by atoms with Gasteiger partial charge in [-0.25, -0.2) is 0 Å². The Morgan fingerprint density at radius 1 is 0.857 bits per heavy atom. The highest BCUT2D eigenvalue weighted by molar-refractivity contribution is 6.07. The van der Waals surface area contributed by atoms with E-state index in [0.29, 0.717) is 11.8 Å². The fourth-order valence-electron chi connectivity index (χ4n) is 3.46. The molecule has 110 valence electrons. The molecule has 0 saturated carbocycles. The molecule has 3 rings (SSSR count). The normalized spacial score (nSPS) is 12.2. The largest absolute Gasteiger partial charge is 0.456 e. The zero-order chi connectivity index (χ0) is 15.3. The molecule has 0 atom stereocenters. The Morgan fingerprint density at radius 2 is 1.57 bits per heavy atom. The summed E-state index contributed by atoms with van der Waals surface area (Å²) in [6.45, 7) is 13.4. The molecule has 0 amide bonds. The van der Waals surface area contributed by atoms with Gasteiger partial charge in [-0.3, -0.25) is 0 Å². The van der Waals surface area contributed by atoms with Crippen molar-refractivity contribution in [1.82, 2.24) is 0 Å². The summed E-state index contributed by atoms with van der Waals surface area (Å²) in [6, 6.07) is 8.80. The SMILES string of the molecule is Cc1ccc2oc3c(C(C)C)c(C)c(C(C)C)cc3c2c1. The Morgan fingerprint density at radius 3 is 2.19 bits per heavy atom. The summed E-state index contributed by atoms with van der Waals surface area (Å²) in [7, 11) is 0. The number of hydrogen-bond donors (Lipinski definition) is 0. The van der Waals surface area contributed by atoms with Gasteiger partial charge in [0.15, 0.2) is 0 Å². The molecule has 0 fully saturated rings. The van der Waals surface area contributed by atoms with Crippen molar-refractivity contribution >= 4 is 21.9 Å². The number of rotatable bonds is 2. The van der Waals surface area contributed by atoms with Crippen LogP contribution in [0.15, 0.2) is 28.7 Å². The van der Waals surface area contributed by atoms with E-state index >= 15 is 0 Å². The maximum absolute atomic E-state index is 6.22. The number of benzene rings is 2. The highest BCUT2D eigenvalue weighted by Gasteiger charge is 2.19. The second-order valence-electron chi connectivity index (χ2n) is 6.79. The van der Waals surface area contributed by atoms with Gasteiger partial charge in [-0.05, 0) is 55.0 Å². The monoisotopic (exact) mass is 280 g/mol. The van der Waals surface area contributed by atoms with Gasteiger partial charge in [0.2, 0.25) is 0 Å². The number of fused-ring (bicyclic) bond motifs is 3. The third-order valence-electron chi connectivity index (χ3n) is 4.46. The summed E-state index contributed by atoms with van der Waals surface area (Å²) in [4.78, 5) is 0. The fourth-order valence-corrected chi connectivity index (χ4v) is 3.46. The minimum absolute atomic E-state index is 0.466. The Kier molecular flexibility index (Phi) is 3.32. The van der Waals surface area contributed by atoms with Crippen molar-refractivity contribution in [3.63, 3.8) is 0 Å². The maximum atomic E-state index is 6.22. The van der Waals surface area contributed by atoms with Crippen molar-refractivity contribution in [3.8, 4) is 0 Å². The van der Waals surface area contributed by atoms with Crippen molar-refractivity contribution in [1.29, 1.82) is 0 Å². The van der Waals surface area contributed by atoms with Crippen LogP contribution in [0, 0.1) is 13.8 Å². The molecular formula is C20H24O. The van der Waals surface area contributed by atoms with E-state index in [-0.39, 0.29) is 0 Å². The van der Waals surface area contributed by atoms with Crippen LogP contribution in [-0.4, -0.2) is 0 Å². The van der Waals surface area contributed by atoms with Crippen LogP contribution in [0.25, 0.3) is 21.9 Å². The first-order chi connectivity index (χ1) is 9.90. The molecule has 1 nitrogen and oxygen atoms in total. The minimum Gasteiger partial charge on any atom is -0.456 e. The molecule has 0 saturated heterocycles. The molecule has 1 heterocycles. The Balaban J connectivity index is 2.51. The summed E-state index contributed by atoms with van der Waals surface area (Å²) in [6.07, 6.45) is 0. The average Bonchev–Trinajstić information content (AvgIpc) is 2.74. The Hall–Kier alpha value is -1.76. The first kappa shape index (κ1) is 14.2. The average molecular weight is 280 g/mol. The molecule has 0 N–H and O–H groups in total. The van der Waals surface area contributed by atoms with Crippen molar-refractivity contribution in [2.75, 3.05) is 0 Å². The molecule has 1 heteroatoms. The predicted molar refractivity (Wildman–Crippen MR) is 91.4 cm³/mol. The Labute approximate surface area is 127 Å². The van der Waals surface area contributed by atoms with Gasteiger partial charge in [-0.15, -0.1) is 0 Å². The number of hydrogen-bond acceptors (Lipinski definition) is 1. The second kappa shape index (κ2) is 4.91. The fraction of sp³-hybridized carbons (Fsp3) is 0.400. The molecule has 0 aliphatic rings. The minimum atomic E-state index is 0.466. The second-order valence-corrected chi connectivity index (χ2v) is 6.79. The third kappa shape index (κ3) is 2.16. The molecule has 21 heavy (non-hydrogen) atoms. The van der Waals surface area contributed by atoms with E-state index in [2.05, 4.69) is 65.8 Å². The number of aryl methyl sites for hydroxylation is 1. The van der Waals surface area contributed by atoms with E-state index < -0.39 is 0 Å². The van der Waals surface area contributed by atoms with Crippen LogP contribution >= 0.6 is 0 Å². The molecule has 0 radical (unpaired) electrons. The van der Waals surface area contributed by atoms with Crippen molar-refractivity contribution in [3.05, 3.63) is 46.5 Å². The lowest BCUT2D eigenvalue weighted by Crippen LogP contribution is -2.00. The summed E-state index contributed by atoms with van der Waals surface area (Å²) in [5.41, 5.74) is 7.55. The number of furan rings is 1. The summed E-state index contributed by atoms with van der Waals surface area (Å²) < 4.78 is 6.22. The lowest BCUT2D eigenvalue weighted by atomic mass is 9.87. The van der Waals surface area contributed by atoms with E-state index in [1.165, 1.54) is 33.0 Å². The molecule has 2 aromatic carbocycles. The highest BCUT2D eigenvalue weighted by atomic mass is 16.3. The summed E-state index contributed by atoms with van der Waals surface area (Å²) in [5.74, 6) is 0.995. The molecular weight excluding hydrogens is 256 g/mol. The first-order valence-electron chi connectivity index (χ1n) is 7.86. The zero-order valence-corrected chi connectivity index (χ0v) is 13.9. The summed E-state index contributed by atoms with van der Waals surface area (Å²) >= 11 is 0. The topological polar surface area (TPSA) is 13.1 Å². The maximum Gasteiger partial charge on any atom is 0.139 e. The van der Waals surface area contributed by atoms with Gasteiger partial charge >= 0.3 is 0 Å². The standard InChI is InChI=1S/C20H24O/c1-11(2)15-10-17-16-9-13(5)7-8-18(16)21-20(17)19(12(3)4)14(15)6/h7-12H,1-6H3. The molecule has 0 aliphatic heterocycles. The molecule has 3 aromatic rings. The van der Waals surface area contributed by atoms with E-state index in [1.807, 2.05) is 0 Å². The third-order valence-corrected chi connectivity index (χ3v) is 4.46. The van der Waals surface area contributed by atoms with E-state index in [4.69, 9.17) is 4.42 Å². The van der Waals surface area contributed by atoms with Gasteiger partial charge in [0.05, 0.1) is 0 Å². The van der Waals surface area contributed by atoms with Crippen LogP contribution in [0.1, 0.15) is 61.8 Å². The van der Waals surface area contributed by atoms with Gasteiger partial charge in [-0.1, -0.05) is 39.3 Å². The van der Waals surface area contributed by atoms with Crippen LogP contribution in [0.3, 0.4) is 0 Å². The van der Waals surface area contributed by atoms with E-state index in [1.54, 1.807) is 0 Å². The van der Waals surface area contributed by atoms with E-state index in [9.17, 15) is 0 Å². The Bertz CT molecular complexity index is 819. The lowest BCUT2D eigenvalue weighted by Gasteiger charge is -2.17. The zero-order valence-electron chi connectivity index (χ0n) is 13.9. The van der Waals surface area contributed by atoms with E-state index in [0.717, 1.165) is 11.2 Å². The van der Waals surface area contributed by atoms with Gasteiger partial charge < -0.3 is 4.42 Å².